The van der Waals surface area contributed by atoms with Gasteiger partial charge in [0.05, 0.1) is 7.11 Å². The zero-order valence-electron chi connectivity index (χ0n) is 11.1. The van der Waals surface area contributed by atoms with E-state index in [0.29, 0.717) is 0 Å². The number of methoxy groups -OCH3 is 1. The Morgan fingerprint density at radius 1 is 1.15 bits per heavy atom. The molecule has 0 saturated carbocycles. The fourth-order valence-electron chi connectivity index (χ4n) is 2.08. The second kappa shape index (κ2) is 6.18. The van der Waals surface area contributed by atoms with E-state index in [1.807, 2.05) is 6.07 Å². The second-order valence-corrected chi connectivity index (χ2v) is 4.53. The molecule has 2 amide bonds. The topological polar surface area (TPSA) is 84.5 Å². The Balaban J connectivity index is 2.00. The molecule has 0 spiro atoms. The van der Waals surface area contributed by atoms with Gasteiger partial charge in [-0.1, -0.05) is 30.3 Å². The van der Waals surface area contributed by atoms with Crippen molar-refractivity contribution in [2.45, 2.75) is 24.9 Å². The van der Waals surface area contributed by atoms with Gasteiger partial charge in [-0.05, 0) is 12.0 Å². The number of nitrogens with one attached hydrogen (secondary N) is 2. The third-order valence-electron chi connectivity index (χ3n) is 3.18. The summed E-state index contributed by atoms with van der Waals surface area (Å²) in [6, 6.07) is 7.62. The zero-order chi connectivity index (χ0) is 14.5. The van der Waals surface area contributed by atoms with Gasteiger partial charge in [0.15, 0.2) is 0 Å². The Morgan fingerprint density at radius 2 is 1.85 bits per heavy atom. The summed E-state index contributed by atoms with van der Waals surface area (Å²) in [5, 5.41) is 5.31. The molecule has 0 aromatic heterocycles. The van der Waals surface area contributed by atoms with Gasteiger partial charge in [-0.15, -0.1) is 0 Å². The summed E-state index contributed by atoms with van der Waals surface area (Å²) < 4.78 is 4.51. The first-order valence-electron chi connectivity index (χ1n) is 6.34. The summed E-state index contributed by atoms with van der Waals surface area (Å²) in [7, 11) is 1.29. The molecule has 1 aromatic carbocycles. The molecular formula is C14H16N2O4. The quantitative estimate of drug-likeness (QED) is 0.774. The van der Waals surface area contributed by atoms with E-state index >= 15 is 0 Å². The molecular weight excluding hydrogens is 260 g/mol. The maximum atomic E-state index is 12.0. The molecule has 0 aliphatic carbocycles. The minimum absolute atomic E-state index is 0.0882. The summed E-state index contributed by atoms with van der Waals surface area (Å²) in [6.45, 7) is 0. The number of amides is 2. The van der Waals surface area contributed by atoms with E-state index < -0.39 is 18.1 Å². The van der Waals surface area contributed by atoms with Gasteiger partial charge < -0.3 is 15.4 Å². The Hall–Kier alpha value is -2.37. The Bertz CT molecular complexity index is 515. The predicted octanol–water partition coefficient (Wildman–Crippen LogP) is 0.295. The van der Waals surface area contributed by atoms with Crippen molar-refractivity contribution in [3.8, 4) is 0 Å². The van der Waals surface area contributed by atoms with Crippen LogP contribution in [0, 0.1) is 0 Å². The Morgan fingerprint density at radius 3 is 2.50 bits per heavy atom. The summed E-state index contributed by atoms with van der Waals surface area (Å²) in [5.41, 5.74) is 0.727. The van der Waals surface area contributed by atoms with Crippen LogP contribution >= 0.6 is 0 Å². The van der Waals surface area contributed by atoms with Gasteiger partial charge in [-0.25, -0.2) is 0 Å². The smallest absolute Gasteiger partial charge is 0.305 e. The van der Waals surface area contributed by atoms with Crippen LogP contribution in [0.2, 0.25) is 0 Å². The van der Waals surface area contributed by atoms with Crippen molar-refractivity contribution in [2.24, 2.45) is 0 Å². The van der Waals surface area contributed by atoms with Crippen molar-refractivity contribution in [1.29, 1.82) is 0 Å². The molecule has 1 aromatic rings. The Labute approximate surface area is 116 Å². The molecule has 0 radical (unpaired) electrons. The lowest BCUT2D eigenvalue weighted by Crippen LogP contribution is -2.57. The summed E-state index contributed by atoms with van der Waals surface area (Å²) in [4.78, 5) is 35.0. The van der Waals surface area contributed by atoms with Gasteiger partial charge in [-0.2, -0.15) is 0 Å². The third-order valence-corrected chi connectivity index (χ3v) is 3.18. The van der Waals surface area contributed by atoms with Gasteiger partial charge in [0.1, 0.15) is 12.1 Å². The molecule has 2 atom stereocenters. The molecule has 1 aliphatic heterocycles. The van der Waals surface area contributed by atoms with Gasteiger partial charge in [0, 0.05) is 6.42 Å². The van der Waals surface area contributed by atoms with Gasteiger partial charge >= 0.3 is 5.97 Å². The first-order chi connectivity index (χ1) is 9.61. The molecule has 106 valence electrons. The maximum Gasteiger partial charge on any atom is 0.305 e. The molecule has 1 saturated heterocycles. The van der Waals surface area contributed by atoms with E-state index in [4.69, 9.17) is 0 Å². The van der Waals surface area contributed by atoms with Crippen molar-refractivity contribution in [3.63, 3.8) is 0 Å². The summed E-state index contributed by atoms with van der Waals surface area (Å²) in [5.74, 6) is -0.967. The monoisotopic (exact) mass is 276 g/mol. The highest BCUT2D eigenvalue weighted by atomic mass is 16.5. The minimum Gasteiger partial charge on any atom is -0.469 e. The van der Waals surface area contributed by atoms with Gasteiger partial charge in [-0.3, -0.25) is 14.4 Å². The van der Waals surface area contributed by atoms with Gasteiger partial charge in [0.25, 0.3) is 0 Å². The number of esters is 1. The summed E-state index contributed by atoms with van der Waals surface area (Å²) in [6.07, 6.45) is 0.316. The average Bonchev–Trinajstić information content (AvgIpc) is 2.48. The minimum atomic E-state index is -0.693. The number of rotatable bonds is 4. The van der Waals surface area contributed by atoms with Crippen molar-refractivity contribution in [3.05, 3.63) is 35.9 Å². The van der Waals surface area contributed by atoms with Crippen molar-refractivity contribution >= 4 is 17.8 Å². The van der Waals surface area contributed by atoms with Crippen LogP contribution in [0.25, 0.3) is 0 Å². The number of carbonyl (C=O) groups excluding carboxylic acids is 3. The third kappa shape index (κ3) is 3.14. The fraction of sp³-hybridized carbons (Fsp3) is 0.357. The van der Waals surface area contributed by atoms with Crippen LogP contribution in [0.5, 0.6) is 0 Å². The number of hydrogen-bond donors (Lipinski definition) is 2. The van der Waals surface area contributed by atoms with E-state index in [0.717, 1.165) is 5.56 Å². The van der Waals surface area contributed by atoms with Crippen LogP contribution in [0.15, 0.2) is 30.3 Å². The van der Waals surface area contributed by atoms with E-state index in [9.17, 15) is 14.4 Å². The molecule has 1 fully saturated rings. The molecule has 0 bridgehead atoms. The molecule has 0 unspecified atom stereocenters. The van der Waals surface area contributed by atoms with Crippen LogP contribution in [0.4, 0.5) is 0 Å². The lowest BCUT2D eigenvalue weighted by molar-refractivity contribution is -0.142. The average molecular weight is 276 g/mol. The van der Waals surface area contributed by atoms with Crippen LogP contribution in [0.3, 0.4) is 0 Å². The molecule has 6 nitrogen and oxygen atoms in total. The Kier molecular flexibility index (Phi) is 4.34. The fourth-order valence-corrected chi connectivity index (χ4v) is 2.08. The number of carbonyl (C=O) groups is 3. The molecule has 1 heterocycles. The number of hydrogen-bond acceptors (Lipinski definition) is 4. The predicted molar refractivity (Wildman–Crippen MR) is 70.5 cm³/mol. The lowest BCUT2D eigenvalue weighted by atomic mass is 10.0. The molecule has 2 rings (SSSR count). The number of benzene rings is 1. The maximum absolute atomic E-state index is 12.0. The van der Waals surface area contributed by atoms with Crippen molar-refractivity contribution in [1.82, 2.24) is 10.6 Å². The molecule has 2 N–H and O–H groups in total. The first kappa shape index (κ1) is 14.0. The highest BCUT2D eigenvalue weighted by Crippen LogP contribution is 2.17. The van der Waals surface area contributed by atoms with Crippen LogP contribution < -0.4 is 10.6 Å². The highest BCUT2D eigenvalue weighted by Gasteiger charge is 2.34. The molecule has 1 aliphatic rings. The molecule has 6 heteroatoms. The van der Waals surface area contributed by atoms with Crippen molar-refractivity contribution in [2.75, 3.05) is 7.11 Å². The zero-order valence-corrected chi connectivity index (χ0v) is 11.1. The van der Waals surface area contributed by atoms with Crippen molar-refractivity contribution < 1.29 is 19.1 Å². The normalized spacial score (nSPS) is 21.9. The second-order valence-electron chi connectivity index (χ2n) is 4.53. The van der Waals surface area contributed by atoms with E-state index in [1.54, 1.807) is 24.3 Å². The van der Waals surface area contributed by atoms with Gasteiger partial charge in [0.2, 0.25) is 11.8 Å². The number of piperazine rings is 1. The van der Waals surface area contributed by atoms with Crippen LogP contribution in [-0.2, 0) is 19.1 Å². The van der Waals surface area contributed by atoms with Crippen LogP contribution in [-0.4, -0.2) is 30.9 Å². The van der Waals surface area contributed by atoms with E-state index in [1.165, 1.54) is 7.11 Å². The van der Waals surface area contributed by atoms with Crippen LogP contribution in [0.1, 0.15) is 24.4 Å². The highest BCUT2D eigenvalue weighted by molar-refractivity contribution is 5.97. The number of ether oxygens (including phenoxy) is 1. The molecule has 20 heavy (non-hydrogen) atoms. The van der Waals surface area contributed by atoms with E-state index in [-0.39, 0.29) is 24.7 Å². The standard InChI is InChI=1S/C14H16N2O4/c1-20-11(17)8-7-10-13(18)16-12(14(19)15-10)9-5-3-2-4-6-9/h2-6,10,12H,7-8H2,1H3,(H,15,19)(H,16,18)/t10-,12+/m0/s1. The van der Waals surface area contributed by atoms with E-state index in [2.05, 4.69) is 15.4 Å². The largest absolute Gasteiger partial charge is 0.469 e. The summed E-state index contributed by atoms with van der Waals surface area (Å²) >= 11 is 0. The lowest BCUT2D eigenvalue weighted by Gasteiger charge is -2.29. The SMILES string of the molecule is COC(=O)CC[C@@H]1NC(=O)[C@@H](c2ccccc2)NC1=O. The first-order valence-corrected chi connectivity index (χ1v) is 6.34.